The van der Waals surface area contributed by atoms with Crippen molar-refractivity contribution in [1.82, 2.24) is 15.1 Å². The van der Waals surface area contributed by atoms with Crippen LogP contribution in [-0.2, 0) is 21.7 Å². The van der Waals surface area contributed by atoms with E-state index in [1.807, 2.05) is 37.3 Å². The van der Waals surface area contributed by atoms with Gasteiger partial charge >= 0.3 is 6.03 Å². The van der Waals surface area contributed by atoms with Crippen molar-refractivity contribution >= 4 is 17.8 Å². The van der Waals surface area contributed by atoms with Gasteiger partial charge < -0.3 is 15.0 Å². The van der Waals surface area contributed by atoms with Crippen LogP contribution < -0.4 is 10.1 Å². The van der Waals surface area contributed by atoms with Gasteiger partial charge in [-0.25, -0.2) is 4.79 Å². The first-order valence-corrected chi connectivity index (χ1v) is 9.50. The van der Waals surface area contributed by atoms with Crippen LogP contribution in [0.3, 0.4) is 0 Å². The number of hydrogen-bond acceptors (Lipinski definition) is 4. The van der Waals surface area contributed by atoms with E-state index in [1.165, 1.54) is 4.90 Å². The number of rotatable bonds is 7. The molecule has 1 fully saturated rings. The van der Waals surface area contributed by atoms with Crippen molar-refractivity contribution in [2.75, 3.05) is 20.2 Å². The fraction of sp³-hybridized carbons (Fsp3) is 0.318. The summed E-state index contributed by atoms with van der Waals surface area (Å²) in [5.74, 6) is 0.0148. The van der Waals surface area contributed by atoms with Crippen LogP contribution in [0.2, 0.25) is 0 Å². The quantitative estimate of drug-likeness (QED) is 0.731. The van der Waals surface area contributed by atoms with Gasteiger partial charge in [0.05, 0.1) is 6.61 Å². The molecular weight excluding hydrogens is 370 g/mol. The first kappa shape index (κ1) is 20.4. The molecule has 0 radical (unpaired) electrons. The molecule has 3 rings (SSSR count). The number of carbonyl (C=O) groups is 3. The minimum absolute atomic E-state index is 0.305. The van der Waals surface area contributed by atoms with Gasteiger partial charge in [-0.3, -0.25) is 14.5 Å². The normalized spacial score (nSPS) is 18.5. The van der Waals surface area contributed by atoms with Gasteiger partial charge in [0.15, 0.2) is 0 Å². The van der Waals surface area contributed by atoms with E-state index in [9.17, 15) is 14.4 Å². The minimum Gasteiger partial charge on any atom is -0.494 e. The van der Waals surface area contributed by atoms with Crippen LogP contribution in [0.1, 0.15) is 25.0 Å². The van der Waals surface area contributed by atoms with Crippen LogP contribution in [0, 0.1) is 0 Å². The van der Waals surface area contributed by atoms with Crippen molar-refractivity contribution < 1.29 is 19.1 Å². The summed E-state index contributed by atoms with van der Waals surface area (Å²) >= 11 is 0. The lowest BCUT2D eigenvalue weighted by Crippen LogP contribution is -2.43. The van der Waals surface area contributed by atoms with Gasteiger partial charge in [-0.1, -0.05) is 42.5 Å². The Kier molecular flexibility index (Phi) is 5.87. The molecule has 0 saturated carbocycles. The number of likely N-dealkylation sites (N-methyl/N-ethyl adjacent to an activating group) is 1. The van der Waals surface area contributed by atoms with Crippen molar-refractivity contribution in [3.8, 4) is 5.75 Å². The highest BCUT2D eigenvalue weighted by molar-refractivity contribution is 6.09. The first-order valence-electron chi connectivity index (χ1n) is 9.50. The summed E-state index contributed by atoms with van der Waals surface area (Å²) < 4.78 is 5.41. The van der Waals surface area contributed by atoms with E-state index in [0.717, 1.165) is 16.2 Å². The largest absolute Gasteiger partial charge is 0.494 e. The van der Waals surface area contributed by atoms with E-state index in [4.69, 9.17) is 4.74 Å². The molecule has 0 spiro atoms. The Hall–Kier alpha value is -3.35. The van der Waals surface area contributed by atoms with Crippen LogP contribution in [0.15, 0.2) is 54.6 Å². The lowest BCUT2D eigenvalue weighted by atomic mass is 9.92. The zero-order valence-corrected chi connectivity index (χ0v) is 16.8. The molecule has 2 aromatic rings. The predicted molar refractivity (Wildman–Crippen MR) is 108 cm³/mol. The summed E-state index contributed by atoms with van der Waals surface area (Å²) in [7, 11) is 1.65. The van der Waals surface area contributed by atoms with E-state index >= 15 is 0 Å². The second-order valence-electron chi connectivity index (χ2n) is 7.14. The molecular formula is C22H25N3O4. The third-order valence-corrected chi connectivity index (χ3v) is 5.00. The smallest absolute Gasteiger partial charge is 0.325 e. The topological polar surface area (TPSA) is 79.0 Å². The Balaban J connectivity index is 1.65. The van der Waals surface area contributed by atoms with E-state index < -0.39 is 17.5 Å². The van der Waals surface area contributed by atoms with E-state index in [2.05, 4.69) is 5.32 Å². The second-order valence-corrected chi connectivity index (χ2v) is 7.14. The number of imide groups is 1. The molecule has 1 aliphatic heterocycles. The summed E-state index contributed by atoms with van der Waals surface area (Å²) in [6.07, 6.45) is 0. The summed E-state index contributed by atoms with van der Waals surface area (Å²) in [4.78, 5) is 40.4. The molecule has 1 aliphatic rings. The molecule has 29 heavy (non-hydrogen) atoms. The van der Waals surface area contributed by atoms with Crippen LogP contribution in [0.4, 0.5) is 4.79 Å². The van der Waals surface area contributed by atoms with Crippen molar-refractivity contribution in [2.24, 2.45) is 0 Å². The van der Waals surface area contributed by atoms with Gasteiger partial charge in [0.1, 0.15) is 17.8 Å². The van der Waals surface area contributed by atoms with Gasteiger partial charge in [-0.05, 0) is 37.1 Å². The van der Waals surface area contributed by atoms with Crippen molar-refractivity contribution in [1.29, 1.82) is 0 Å². The Morgan fingerprint density at radius 1 is 1.10 bits per heavy atom. The Morgan fingerprint density at radius 2 is 1.76 bits per heavy atom. The number of amides is 4. The highest BCUT2D eigenvalue weighted by Crippen LogP contribution is 2.28. The van der Waals surface area contributed by atoms with Crippen molar-refractivity contribution in [2.45, 2.75) is 25.9 Å². The maximum atomic E-state index is 12.9. The SMILES string of the molecule is CCOc1ccc(CN(C)C(=O)CN2C(=O)N[C@@](C)(c3ccccc3)C2=O)cc1. The standard InChI is InChI=1S/C22H25N3O4/c1-4-29-18-12-10-16(11-13-18)14-24(3)19(26)15-25-20(27)22(2,23-21(25)28)17-8-6-5-7-9-17/h5-13H,4,14-15H2,1-3H3,(H,23,28)/t22-/m0/s1. The van der Waals surface area contributed by atoms with Crippen molar-refractivity contribution in [3.05, 3.63) is 65.7 Å². The van der Waals surface area contributed by atoms with Gasteiger partial charge in [-0.2, -0.15) is 0 Å². The summed E-state index contributed by atoms with van der Waals surface area (Å²) in [5, 5.41) is 2.71. The minimum atomic E-state index is -1.17. The molecule has 1 atom stereocenters. The average Bonchev–Trinajstić information content (AvgIpc) is 2.94. The maximum absolute atomic E-state index is 12.9. The van der Waals surface area contributed by atoms with Crippen LogP contribution in [0.25, 0.3) is 0 Å². The monoisotopic (exact) mass is 395 g/mol. The third-order valence-electron chi connectivity index (χ3n) is 5.00. The molecule has 7 heteroatoms. The summed E-state index contributed by atoms with van der Waals surface area (Å²) in [5.41, 5.74) is 0.429. The zero-order chi connectivity index (χ0) is 21.0. The molecule has 2 aromatic carbocycles. The first-order chi connectivity index (χ1) is 13.8. The number of hydrogen-bond donors (Lipinski definition) is 1. The molecule has 0 bridgehead atoms. The summed E-state index contributed by atoms with van der Waals surface area (Å²) in [6.45, 7) is 4.21. The fourth-order valence-electron chi connectivity index (χ4n) is 3.28. The molecule has 0 aromatic heterocycles. The lowest BCUT2D eigenvalue weighted by molar-refractivity contribution is -0.138. The molecule has 4 amide bonds. The number of nitrogens with one attached hydrogen (secondary N) is 1. The van der Waals surface area contributed by atoms with Gasteiger partial charge in [0.25, 0.3) is 5.91 Å². The Labute approximate surface area is 170 Å². The molecule has 1 N–H and O–H groups in total. The van der Waals surface area contributed by atoms with Crippen LogP contribution in [0.5, 0.6) is 5.75 Å². The van der Waals surface area contributed by atoms with Gasteiger partial charge in [-0.15, -0.1) is 0 Å². The summed E-state index contributed by atoms with van der Waals surface area (Å²) in [6, 6.07) is 15.9. The van der Waals surface area contributed by atoms with Crippen LogP contribution >= 0.6 is 0 Å². The average molecular weight is 395 g/mol. The highest BCUT2D eigenvalue weighted by atomic mass is 16.5. The highest BCUT2D eigenvalue weighted by Gasteiger charge is 2.49. The Morgan fingerprint density at radius 3 is 2.38 bits per heavy atom. The lowest BCUT2D eigenvalue weighted by Gasteiger charge is -2.23. The molecule has 0 aliphatic carbocycles. The van der Waals surface area contributed by atoms with E-state index in [0.29, 0.717) is 18.7 Å². The molecule has 7 nitrogen and oxygen atoms in total. The van der Waals surface area contributed by atoms with Gasteiger partial charge in [0.2, 0.25) is 5.91 Å². The second kappa shape index (κ2) is 8.34. The number of benzene rings is 2. The molecule has 1 saturated heterocycles. The number of urea groups is 1. The Bertz CT molecular complexity index is 898. The fourth-order valence-corrected chi connectivity index (χ4v) is 3.28. The van der Waals surface area contributed by atoms with E-state index in [1.54, 1.807) is 38.2 Å². The maximum Gasteiger partial charge on any atom is 0.325 e. The van der Waals surface area contributed by atoms with Gasteiger partial charge in [0, 0.05) is 13.6 Å². The number of nitrogens with zero attached hydrogens (tertiary/aromatic N) is 2. The van der Waals surface area contributed by atoms with E-state index in [-0.39, 0.29) is 12.5 Å². The third kappa shape index (κ3) is 4.23. The number of ether oxygens (including phenoxy) is 1. The molecule has 1 heterocycles. The molecule has 152 valence electrons. The van der Waals surface area contributed by atoms with Crippen LogP contribution in [-0.4, -0.2) is 47.8 Å². The molecule has 0 unspecified atom stereocenters. The zero-order valence-electron chi connectivity index (χ0n) is 16.8. The predicted octanol–water partition coefficient (Wildman–Crippen LogP) is 2.51. The number of carbonyl (C=O) groups excluding carboxylic acids is 3. The van der Waals surface area contributed by atoms with Crippen molar-refractivity contribution in [3.63, 3.8) is 0 Å².